The SMILES string of the molecule is OC1(CNCc2ccoc2)CCCCC1. The van der Waals surface area contributed by atoms with Gasteiger partial charge in [-0.1, -0.05) is 19.3 Å². The number of hydrogen-bond donors (Lipinski definition) is 2. The summed E-state index contributed by atoms with van der Waals surface area (Å²) in [5, 5.41) is 13.5. The van der Waals surface area contributed by atoms with Gasteiger partial charge in [-0.05, 0) is 18.9 Å². The first-order valence-electron chi connectivity index (χ1n) is 5.73. The fourth-order valence-corrected chi connectivity index (χ4v) is 2.22. The molecule has 0 saturated heterocycles. The Bertz CT molecular complexity index is 276. The summed E-state index contributed by atoms with van der Waals surface area (Å²) < 4.78 is 4.98. The lowest BCUT2D eigenvalue weighted by atomic mass is 9.85. The van der Waals surface area contributed by atoms with Crippen molar-refractivity contribution in [1.82, 2.24) is 5.32 Å². The first-order chi connectivity index (χ1) is 7.29. The lowest BCUT2D eigenvalue weighted by Gasteiger charge is -2.32. The highest BCUT2D eigenvalue weighted by Crippen LogP contribution is 2.27. The molecule has 0 spiro atoms. The van der Waals surface area contributed by atoms with Gasteiger partial charge in [-0.3, -0.25) is 0 Å². The van der Waals surface area contributed by atoms with Gasteiger partial charge >= 0.3 is 0 Å². The van der Waals surface area contributed by atoms with E-state index < -0.39 is 5.60 Å². The number of aliphatic hydroxyl groups is 1. The molecule has 1 aliphatic rings. The normalized spacial score (nSPS) is 20.3. The molecule has 2 rings (SSSR count). The zero-order chi connectivity index (χ0) is 10.6. The summed E-state index contributed by atoms with van der Waals surface area (Å²) in [6, 6.07) is 1.94. The molecule has 2 N–H and O–H groups in total. The molecule has 1 fully saturated rings. The number of furan rings is 1. The van der Waals surface area contributed by atoms with Crippen molar-refractivity contribution in [2.24, 2.45) is 0 Å². The summed E-state index contributed by atoms with van der Waals surface area (Å²) in [5.74, 6) is 0. The van der Waals surface area contributed by atoms with E-state index in [1.54, 1.807) is 12.5 Å². The summed E-state index contributed by atoms with van der Waals surface area (Å²) in [4.78, 5) is 0. The minimum Gasteiger partial charge on any atom is -0.472 e. The molecule has 1 heterocycles. The van der Waals surface area contributed by atoms with Crippen LogP contribution in [0.25, 0.3) is 0 Å². The third kappa shape index (κ3) is 3.08. The van der Waals surface area contributed by atoms with E-state index in [1.807, 2.05) is 6.07 Å². The molecular formula is C12H19NO2. The Hall–Kier alpha value is -0.800. The Kier molecular flexibility index (Phi) is 3.44. The van der Waals surface area contributed by atoms with Crippen LogP contribution in [-0.2, 0) is 6.54 Å². The Morgan fingerprint density at radius 3 is 2.80 bits per heavy atom. The Morgan fingerprint density at radius 1 is 1.33 bits per heavy atom. The average Bonchev–Trinajstić information content (AvgIpc) is 2.71. The maximum atomic E-state index is 10.2. The minimum absolute atomic E-state index is 0.470. The maximum absolute atomic E-state index is 10.2. The second-order valence-corrected chi connectivity index (χ2v) is 4.52. The summed E-state index contributed by atoms with van der Waals surface area (Å²) in [6.45, 7) is 1.47. The van der Waals surface area contributed by atoms with Crippen molar-refractivity contribution in [1.29, 1.82) is 0 Å². The molecule has 3 heteroatoms. The highest BCUT2D eigenvalue weighted by atomic mass is 16.3. The van der Waals surface area contributed by atoms with Gasteiger partial charge in [0, 0.05) is 18.7 Å². The van der Waals surface area contributed by atoms with E-state index in [4.69, 9.17) is 4.42 Å². The van der Waals surface area contributed by atoms with E-state index in [9.17, 15) is 5.11 Å². The van der Waals surface area contributed by atoms with Gasteiger partial charge in [0.1, 0.15) is 0 Å². The molecule has 1 aromatic rings. The first-order valence-corrected chi connectivity index (χ1v) is 5.73. The third-order valence-corrected chi connectivity index (χ3v) is 3.15. The molecule has 3 nitrogen and oxygen atoms in total. The number of nitrogens with one attached hydrogen (secondary N) is 1. The van der Waals surface area contributed by atoms with Gasteiger partial charge < -0.3 is 14.8 Å². The van der Waals surface area contributed by atoms with Gasteiger partial charge in [0.2, 0.25) is 0 Å². The molecule has 0 aromatic carbocycles. The smallest absolute Gasteiger partial charge is 0.0947 e. The van der Waals surface area contributed by atoms with Gasteiger partial charge in [-0.15, -0.1) is 0 Å². The standard InChI is InChI=1S/C12H19NO2/c14-12(5-2-1-3-6-12)10-13-8-11-4-7-15-9-11/h4,7,9,13-14H,1-3,5-6,8,10H2. The first kappa shape index (κ1) is 10.7. The summed E-state index contributed by atoms with van der Waals surface area (Å²) in [6.07, 6.45) is 8.86. The molecule has 0 unspecified atom stereocenters. The van der Waals surface area contributed by atoms with Crippen LogP contribution in [0, 0.1) is 0 Å². The lowest BCUT2D eigenvalue weighted by molar-refractivity contribution is 0.00467. The molecular weight excluding hydrogens is 190 g/mol. The largest absolute Gasteiger partial charge is 0.472 e. The molecule has 1 aromatic heterocycles. The maximum Gasteiger partial charge on any atom is 0.0947 e. The predicted octanol–water partition coefficient (Wildman–Crippen LogP) is 2.06. The van der Waals surface area contributed by atoms with E-state index in [1.165, 1.54) is 6.42 Å². The Morgan fingerprint density at radius 2 is 2.13 bits per heavy atom. The molecule has 1 aliphatic carbocycles. The number of hydrogen-bond acceptors (Lipinski definition) is 3. The van der Waals surface area contributed by atoms with Gasteiger partial charge in [0.05, 0.1) is 18.1 Å². The van der Waals surface area contributed by atoms with Crippen LogP contribution in [0.2, 0.25) is 0 Å². The van der Waals surface area contributed by atoms with Crippen molar-refractivity contribution < 1.29 is 9.52 Å². The monoisotopic (exact) mass is 209 g/mol. The van der Waals surface area contributed by atoms with Gasteiger partial charge in [-0.25, -0.2) is 0 Å². The fourth-order valence-electron chi connectivity index (χ4n) is 2.22. The van der Waals surface area contributed by atoms with Gasteiger partial charge in [0.15, 0.2) is 0 Å². The second-order valence-electron chi connectivity index (χ2n) is 4.52. The summed E-state index contributed by atoms with van der Waals surface area (Å²) in [5.41, 5.74) is 0.663. The van der Waals surface area contributed by atoms with Crippen LogP contribution in [0.5, 0.6) is 0 Å². The zero-order valence-electron chi connectivity index (χ0n) is 9.04. The van der Waals surface area contributed by atoms with E-state index in [-0.39, 0.29) is 0 Å². The third-order valence-electron chi connectivity index (χ3n) is 3.15. The fraction of sp³-hybridized carbons (Fsp3) is 0.667. The van der Waals surface area contributed by atoms with Crippen LogP contribution in [0.4, 0.5) is 0 Å². The predicted molar refractivity (Wildman–Crippen MR) is 58.4 cm³/mol. The number of rotatable bonds is 4. The molecule has 0 radical (unpaired) electrons. The lowest BCUT2D eigenvalue weighted by Crippen LogP contribution is -2.41. The molecule has 84 valence electrons. The van der Waals surface area contributed by atoms with Gasteiger partial charge in [-0.2, -0.15) is 0 Å². The highest BCUT2D eigenvalue weighted by Gasteiger charge is 2.28. The van der Waals surface area contributed by atoms with E-state index >= 15 is 0 Å². The van der Waals surface area contributed by atoms with E-state index in [2.05, 4.69) is 5.32 Å². The molecule has 0 amide bonds. The Labute approximate surface area is 90.5 Å². The van der Waals surface area contributed by atoms with Crippen molar-refractivity contribution in [3.63, 3.8) is 0 Å². The second kappa shape index (κ2) is 4.81. The molecule has 15 heavy (non-hydrogen) atoms. The van der Waals surface area contributed by atoms with Gasteiger partial charge in [0.25, 0.3) is 0 Å². The van der Waals surface area contributed by atoms with Crippen LogP contribution in [0.15, 0.2) is 23.0 Å². The minimum atomic E-state index is -0.470. The van der Waals surface area contributed by atoms with Crippen molar-refractivity contribution in [2.75, 3.05) is 6.54 Å². The molecule has 0 atom stereocenters. The van der Waals surface area contributed by atoms with Crippen molar-refractivity contribution in [3.8, 4) is 0 Å². The zero-order valence-corrected chi connectivity index (χ0v) is 9.04. The molecule has 0 bridgehead atoms. The van der Waals surface area contributed by atoms with Crippen molar-refractivity contribution in [2.45, 2.75) is 44.2 Å². The van der Waals surface area contributed by atoms with E-state index in [0.717, 1.165) is 37.8 Å². The highest BCUT2D eigenvalue weighted by molar-refractivity contribution is 5.04. The molecule has 1 saturated carbocycles. The van der Waals surface area contributed by atoms with Crippen molar-refractivity contribution >= 4 is 0 Å². The average molecular weight is 209 g/mol. The summed E-state index contributed by atoms with van der Waals surface area (Å²) >= 11 is 0. The van der Waals surface area contributed by atoms with Crippen LogP contribution in [-0.4, -0.2) is 17.3 Å². The van der Waals surface area contributed by atoms with Crippen LogP contribution >= 0.6 is 0 Å². The Balaban J connectivity index is 1.72. The van der Waals surface area contributed by atoms with Crippen molar-refractivity contribution in [3.05, 3.63) is 24.2 Å². The van der Waals surface area contributed by atoms with E-state index in [0.29, 0.717) is 6.54 Å². The topological polar surface area (TPSA) is 45.4 Å². The molecule has 0 aliphatic heterocycles. The van der Waals surface area contributed by atoms with Crippen LogP contribution < -0.4 is 5.32 Å². The van der Waals surface area contributed by atoms with Crippen LogP contribution in [0.3, 0.4) is 0 Å². The quantitative estimate of drug-likeness (QED) is 0.798. The summed E-state index contributed by atoms with van der Waals surface area (Å²) in [7, 11) is 0. The van der Waals surface area contributed by atoms with Crippen LogP contribution in [0.1, 0.15) is 37.7 Å².